The molecular formula is C13H5BrCl2N4S. The molecule has 0 atom stereocenters. The number of rotatable bonds is 2. The summed E-state index contributed by atoms with van der Waals surface area (Å²) in [4.78, 5) is 0. The number of hydrogen-bond donors (Lipinski definition) is 1. The Morgan fingerprint density at radius 1 is 1.10 bits per heavy atom. The molecule has 1 N–H and O–H groups in total. The Bertz CT molecular complexity index is 869. The van der Waals surface area contributed by atoms with E-state index >= 15 is 0 Å². The van der Waals surface area contributed by atoms with Crippen molar-refractivity contribution in [2.45, 2.75) is 0 Å². The Labute approximate surface area is 142 Å². The highest BCUT2D eigenvalue weighted by molar-refractivity contribution is 9.10. The van der Waals surface area contributed by atoms with E-state index in [0.29, 0.717) is 32.7 Å². The molecule has 3 rings (SSSR count). The number of fused-ring (bicyclic) bond motifs is 1. The minimum Gasteiger partial charge on any atom is -0.352 e. The van der Waals surface area contributed by atoms with Gasteiger partial charge in [-0.2, -0.15) is 14.0 Å². The molecule has 0 aromatic heterocycles. The van der Waals surface area contributed by atoms with Crippen molar-refractivity contribution in [1.29, 1.82) is 5.26 Å². The highest BCUT2D eigenvalue weighted by Crippen LogP contribution is 2.48. The van der Waals surface area contributed by atoms with E-state index in [0.717, 1.165) is 21.5 Å². The molecule has 2 aromatic carbocycles. The Morgan fingerprint density at radius 2 is 1.86 bits per heavy atom. The van der Waals surface area contributed by atoms with Gasteiger partial charge in [-0.25, -0.2) is 0 Å². The van der Waals surface area contributed by atoms with Crippen molar-refractivity contribution >= 4 is 73.2 Å². The largest absolute Gasteiger partial charge is 0.352 e. The lowest BCUT2D eigenvalue weighted by Crippen LogP contribution is -1.93. The van der Waals surface area contributed by atoms with E-state index in [2.05, 4.69) is 36.0 Å². The molecule has 4 nitrogen and oxygen atoms in total. The average Bonchev–Trinajstić information content (AvgIpc) is 2.92. The molecule has 0 radical (unpaired) electrons. The summed E-state index contributed by atoms with van der Waals surface area (Å²) in [5, 5.41) is 13.1. The first-order valence-corrected chi connectivity index (χ1v) is 7.94. The Balaban J connectivity index is 2.08. The Hall–Kier alpha value is -1.39. The fraction of sp³-hybridized carbons (Fsp3) is 0. The van der Waals surface area contributed by atoms with Gasteiger partial charge in [-0.15, -0.1) is 0 Å². The molecular weight excluding hydrogens is 395 g/mol. The van der Waals surface area contributed by atoms with Gasteiger partial charge in [0, 0.05) is 10.2 Å². The van der Waals surface area contributed by atoms with Crippen LogP contribution in [-0.2, 0) is 11.4 Å². The van der Waals surface area contributed by atoms with E-state index < -0.39 is 0 Å². The van der Waals surface area contributed by atoms with Crippen molar-refractivity contribution in [2.75, 3.05) is 5.32 Å². The number of nitriles is 1. The van der Waals surface area contributed by atoms with Crippen LogP contribution < -0.4 is 5.32 Å². The van der Waals surface area contributed by atoms with Crippen LogP contribution in [0.2, 0.25) is 10.0 Å². The van der Waals surface area contributed by atoms with Crippen LogP contribution in [0.4, 0.5) is 22.7 Å². The predicted octanol–water partition coefficient (Wildman–Crippen LogP) is 6.10. The van der Waals surface area contributed by atoms with Crippen molar-refractivity contribution < 1.29 is 0 Å². The SMILES string of the molecule is N#Cc1cc(Br)cc(Nc2c(Cl)cc(Cl)c3c2N=S=N3)c1. The fourth-order valence-electron chi connectivity index (χ4n) is 1.86. The molecule has 1 aliphatic heterocycles. The molecule has 0 aliphatic carbocycles. The molecule has 21 heavy (non-hydrogen) atoms. The Kier molecular flexibility index (Phi) is 4.00. The second kappa shape index (κ2) is 5.78. The summed E-state index contributed by atoms with van der Waals surface area (Å²) >= 11 is 16.8. The van der Waals surface area contributed by atoms with Gasteiger partial charge in [0.15, 0.2) is 0 Å². The molecule has 0 amide bonds. The molecule has 0 saturated heterocycles. The van der Waals surface area contributed by atoms with E-state index in [9.17, 15) is 0 Å². The van der Waals surface area contributed by atoms with E-state index in [4.69, 9.17) is 28.5 Å². The third-order valence-electron chi connectivity index (χ3n) is 2.74. The van der Waals surface area contributed by atoms with Crippen LogP contribution in [0.5, 0.6) is 0 Å². The van der Waals surface area contributed by atoms with Crippen LogP contribution in [0.15, 0.2) is 37.5 Å². The van der Waals surface area contributed by atoms with Crippen molar-refractivity contribution in [3.05, 3.63) is 44.3 Å². The van der Waals surface area contributed by atoms with Gasteiger partial charge in [0.1, 0.15) is 11.4 Å². The van der Waals surface area contributed by atoms with Crippen LogP contribution in [0.3, 0.4) is 0 Å². The topological polar surface area (TPSA) is 60.5 Å². The van der Waals surface area contributed by atoms with Gasteiger partial charge in [0.2, 0.25) is 0 Å². The maximum Gasteiger partial charge on any atom is 0.131 e. The van der Waals surface area contributed by atoms with Gasteiger partial charge in [-0.1, -0.05) is 39.1 Å². The maximum absolute atomic E-state index is 9.02. The molecule has 1 aliphatic rings. The first-order chi connectivity index (χ1) is 10.1. The van der Waals surface area contributed by atoms with Gasteiger partial charge < -0.3 is 5.32 Å². The molecule has 2 aromatic rings. The highest BCUT2D eigenvalue weighted by atomic mass is 79.9. The van der Waals surface area contributed by atoms with Crippen molar-refractivity contribution in [3.8, 4) is 6.07 Å². The summed E-state index contributed by atoms with van der Waals surface area (Å²) in [5.74, 6) is 0. The van der Waals surface area contributed by atoms with Crippen LogP contribution in [0, 0.1) is 11.3 Å². The average molecular weight is 400 g/mol. The molecule has 0 unspecified atom stereocenters. The second-order valence-electron chi connectivity index (χ2n) is 4.14. The maximum atomic E-state index is 9.02. The van der Waals surface area contributed by atoms with Crippen LogP contribution >= 0.6 is 39.1 Å². The number of anilines is 2. The van der Waals surface area contributed by atoms with Gasteiger partial charge >= 0.3 is 0 Å². The van der Waals surface area contributed by atoms with Crippen molar-refractivity contribution in [2.24, 2.45) is 8.73 Å². The smallest absolute Gasteiger partial charge is 0.131 e. The molecule has 0 saturated carbocycles. The van der Waals surface area contributed by atoms with Crippen LogP contribution in [0.25, 0.3) is 0 Å². The Morgan fingerprint density at radius 3 is 2.62 bits per heavy atom. The second-order valence-corrected chi connectivity index (χ2v) is 6.40. The zero-order chi connectivity index (χ0) is 15.0. The molecule has 104 valence electrons. The van der Waals surface area contributed by atoms with Crippen LogP contribution in [-0.4, -0.2) is 0 Å². The number of benzene rings is 2. The normalized spacial score (nSPS) is 11.7. The van der Waals surface area contributed by atoms with Gasteiger partial charge in [-0.05, 0) is 24.3 Å². The number of hydrogen-bond acceptors (Lipinski definition) is 4. The van der Waals surface area contributed by atoms with E-state index in [1.165, 1.54) is 0 Å². The minimum absolute atomic E-state index is 0.443. The summed E-state index contributed by atoms with van der Waals surface area (Å²) in [6.07, 6.45) is 0. The first kappa shape index (κ1) is 14.5. The summed E-state index contributed by atoms with van der Waals surface area (Å²) in [6, 6.07) is 9.02. The third kappa shape index (κ3) is 2.83. The van der Waals surface area contributed by atoms with E-state index in [1.807, 2.05) is 6.07 Å². The molecule has 1 heterocycles. The van der Waals surface area contributed by atoms with Crippen LogP contribution in [0.1, 0.15) is 5.56 Å². The fourth-order valence-corrected chi connectivity index (χ4v) is 3.52. The monoisotopic (exact) mass is 398 g/mol. The van der Waals surface area contributed by atoms with Gasteiger partial charge in [0.05, 0.1) is 38.7 Å². The van der Waals surface area contributed by atoms with Crippen molar-refractivity contribution in [1.82, 2.24) is 0 Å². The summed E-state index contributed by atoms with van der Waals surface area (Å²) < 4.78 is 9.17. The summed E-state index contributed by atoms with van der Waals surface area (Å²) in [7, 11) is 0. The highest BCUT2D eigenvalue weighted by Gasteiger charge is 2.19. The molecule has 0 fully saturated rings. The van der Waals surface area contributed by atoms with Gasteiger partial charge in [-0.3, -0.25) is 0 Å². The number of nitrogens with zero attached hydrogens (tertiary/aromatic N) is 3. The molecule has 0 spiro atoms. The molecule has 0 bridgehead atoms. The quantitative estimate of drug-likeness (QED) is 0.565. The van der Waals surface area contributed by atoms with E-state index in [-0.39, 0.29) is 0 Å². The number of nitrogens with one attached hydrogen (secondary N) is 1. The summed E-state index contributed by atoms with van der Waals surface area (Å²) in [5.41, 5.74) is 3.08. The third-order valence-corrected chi connectivity index (χ3v) is 4.31. The summed E-state index contributed by atoms with van der Waals surface area (Å²) in [6.45, 7) is 0. The number of halogens is 3. The lowest BCUT2D eigenvalue weighted by Gasteiger charge is -2.12. The van der Waals surface area contributed by atoms with E-state index in [1.54, 1.807) is 18.2 Å². The lowest BCUT2D eigenvalue weighted by molar-refractivity contribution is 1.45. The van der Waals surface area contributed by atoms with Gasteiger partial charge in [0.25, 0.3) is 0 Å². The zero-order valence-corrected chi connectivity index (χ0v) is 14.1. The van der Waals surface area contributed by atoms with Crippen molar-refractivity contribution in [3.63, 3.8) is 0 Å². The zero-order valence-electron chi connectivity index (χ0n) is 10.2. The standard InChI is InChI=1S/C13H5BrCl2N4S/c14-7-1-6(5-17)2-8(3-7)18-11-9(15)4-10(16)12-13(11)20-21-19-12/h1-4,18H. The minimum atomic E-state index is 0.443. The molecule has 8 heteroatoms. The lowest BCUT2D eigenvalue weighted by atomic mass is 10.2. The first-order valence-electron chi connectivity index (χ1n) is 5.66. The predicted molar refractivity (Wildman–Crippen MR) is 90.1 cm³/mol.